The first-order chi connectivity index (χ1) is 9.09. The van der Waals surface area contributed by atoms with E-state index in [-0.39, 0.29) is 0 Å². The van der Waals surface area contributed by atoms with Crippen molar-refractivity contribution in [2.24, 2.45) is 5.41 Å². The van der Waals surface area contributed by atoms with Crippen LogP contribution < -0.4 is 0 Å². The zero-order chi connectivity index (χ0) is 13.9. The van der Waals surface area contributed by atoms with E-state index in [0.717, 1.165) is 19.5 Å². The van der Waals surface area contributed by atoms with E-state index in [2.05, 4.69) is 35.4 Å². The molecule has 1 aromatic rings. The zero-order valence-corrected chi connectivity index (χ0v) is 12.4. The predicted octanol–water partition coefficient (Wildman–Crippen LogP) is 3.10. The summed E-state index contributed by atoms with van der Waals surface area (Å²) in [4.78, 5) is 14.9. The van der Waals surface area contributed by atoms with Crippen LogP contribution in [0.15, 0.2) is 29.2 Å². The first kappa shape index (κ1) is 14.4. The second kappa shape index (κ2) is 5.97. The quantitative estimate of drug-likeness (QED) is 0.841. The van der Waals surface area contributed by atoms with E-state index < -0.39 is 11.4 Å². The molecule has 1 fully saturated rings. The smallest absolute Gasteiger partial charge is 0.310 e. The van der Waals surface area contributed by atoms with Crippen LogP contribution in [0.4, 0.5) is 0 Å². The van der Waals surface area contributed by atoms with Crippen molar-refractivity contribution < 1.29 is 9.90 Å². The largest absolute Gasteiger partial charge is 0.481 e. The lowest BCUT2D eigenvalue weighted by Crippen LogP contribution is -2.33. The summed E-state index contributed by atoms with van der Waals surface area (Å²) in [6.07, 6.45) is 3.55. The van der Waals surface area contributed by atoms with Crippen LogP contribution in [0.3, 0.4) is 0 Å². The van der Waals surface area contributed by atoms with Gasteiger partial charge in [-0.3, -0.25) is 9.69 Å². The van der Waals surface area contributed by atoms with Crippen molar-refractivity contribution in [2.75, 3.05) is 19.3 Å². The number of carboxylic acids is 1. The second-order valence-corrected chi connectivity index (χ2v) is 6.13. The van der Waals surface area contributed by atoms with Crippen molar-refractivity contribution in [2.45, 2.75) is 31.2 Å². The number of hydrogen-bond acceptors (Lipinski definition) is 3. The Balaban J connectivity index is 1.99. The third-order valence-electron chi connectivity index (χ3n) is 4.13. The molecule has 19 heavy (non-hydrogen) atoms. The van der Waals surface area contributed by atoms with Crippen molar-refractivity contribution in [3.63, 3.8) is 0 Å². The molecule has 3 nitrogen and oxygen atoms in total. The summed E-state index contributed by atoms with van der Waals surface area (Å²) in [6, 6.07) is 8.53. The van der Waals surface area contributed by atoms with Crippen molar-refractivity contribution >= 4 is 17.7 Å². The summed E-state index contributed by atoms with van der Waals surface area (Å²) in [5.74, 6) is -0.643. The van der Waals surface area contributed by atoms with Crippen molar-refractivity contribution in [1.82, 2.24) is 4.90 Å². The number of aliphatic carboxylic acids is 1. The first-order valence-electron chi connectivity index (χ1n) is 6.68. The Bertz CT molecular complexity index is 446. The second-order valence-electron chi connectivity index (χ2n) is 5.25. The van der Waals surface area contributed by atoms with Crippen LogP contribution in [0.2, 0.25) is 0 Å². The van der Waals surface area contributed by atoms with Gasteiger partial charge in [-0.15, -0.1) is 11.8 Å². The molecule has 2 rings (SSSR count). The molecule has 0 saturated carbocycles. The Morgan fingerprint density at radius 1 is 1.42 bits per heavy atom. The maximum absolute atomic E-state index is 11.4. The van der Waals surface area contributed by atoms with Gasteiger partial charge in [0.2, 0.25) is 0 Å². The van der Waals surface area contributed by atoms with Crippen LogP contribution >= 0.6 is 11.8 Å². The summed E-state index contributed by atoms with van der Waals surface area (Å²) in [5.41, 5.74) is 0.731. The van der Waals surface area contributed by atoms with Crippen molar-refractivity contribution in [3.8, 4) is 0 Å². The highest BCUT2D eigenvalue weighted by Gasteiger charge is 2.42. The average Bonchev–Trinajstić information content (AvgIpc) is 2.84. The summed E-state index contributed by atoms with van der Waals surface area (Å²) in [7, 11) is 0. The molecule has 0 aliphatic carbocycles. The molecule has 1 heterocycles. The fourth-order valence-corrected chi connectivity index (χ4v) is 3.10. The molecule has 1 unspecified atom stereocenters. The molecule has 0 amide bonds. The van der Waals surface area contributed by atoms with Crippen molar-refractivity contribution in [1.29, 1.82) is 0 Å². The highest BCUT2D eigenvalue weighted by molar-refractivity contribution is 7.98. The molecule has 0 spiro atoms. The van der Waals surface area contributed by atoms with Gasteiger partial charge in [-0.2, -0.15) is 0 Å². The summed E-state index contributed by atoms with van der Waals surface area (Å²) in [6.45, 7) is 4.38. The van der Waals surface area contributed by atoms with Gasteiger partial charge in [-0.05, 0) is 43.3 Å². The number of nitrogens with zero attached hydrogens (tertiary/aromatic N) is 1. The number of hydrogen-bond donors (Lipinski definition) is 1. The number of likely N-dealkylation sites (tertiary alicyclic amines) is 1. The Morgan fingerprint density at radius 2 is 2.11 bits per heavy atom. The molecule has 1 atom stereocenters. The van der Waals surface area contributed by atoms with Gasteiger partial charge in [0, 0.05) is 18.0 Å². The number of carboxylic acid groups (broad SMARTS) is 1. The van der Waals surface area contributed by atoms with Gasteiger partial charge in [0.15, 0.2) is 0 Å². The molecule has 4 heteroatoms. The fraction of sp³-hybridized carbons (Fsp3) is 0.533. The van der Waals surface area contributed by atoms with Gasteiger partial charge in [0.1, 0.15) is 0 Å². The van der Waals surface area contributed by atoms with Gasteiger partial charge in [0.05, 0.1) is 5.41 Å². The average molecular weight is 279 g/mol. The minimum atomic E-state index is -0.643. The lowest BCUT2D eigenvalue weighted by Gasteiger charge is -2.23. The standard InChI is InChI=1S/C15H21NO2S/c1-3-15(14(17)18)8-9-16(11-15)10-12-4-6-13(19-2)7-5-12/h4-7H,3,8-11H2,1-2H3,(H,17,18). The predicted molar refractivity (Wildman–Crippen MR) is 78.5 cm³/mol. The monoisotopic (exact) mass is 279 g/mol. The van der Waals surface area contributed by atoms with Gasteiger partial charge in [-0.25, -0.2) is 0 Å². The highest BCUT2D eigenvalue weighted by Crippen LogP contribution is 2.34. The van der Waals surface area contributed by atoms with Crippen LogP contribution in [0, 0.1) is 5.41 Å². The van der Waals surface area contributed by atoms with Crippen LogP contribution in [0.25, 0.3) is 0 Å². The normalized spacial score (nSPS) is 23.7. The SMILES string of the molecule is CCC1(C(=O)O)CCN(Cc2ccc(SC)cc2)C1. The van der Waals surface area contributed by atoms with E-state index in [0.29, 0.717) is 13.0 Å². The third-order valence-corrected chi connectivity index (χ3v) is 4.87. The Hall–Kier alpha value is -1.00. The molecule has 1 aliphatic rings. The summed E-state index contributed by atoms with van der Waals surface area (Å²) >= 11 is 1.74. The van der Waals surface area contributed by atoms with Crippen LogP contribution in [0.5, 0.6) is 0 Å². The van der Waals surface area contributed by atoms with E-state index in [4.69, 9.17) is 0 Å². The zero-order valence-electron chi connectivity index (χ0n) is 11.6. The molecule has 104 valence electrons. The molecule has 0 aromatic heterocycles. The van der Waals surface area contributed by atoms with Gasteiger partial charge < -0.3 is 5.11 Å². The van der Waals surface area contributed by atoms with E-state index in [1.807, 2.05) is 6.92 Å². The maximum Gasteiger partial charge on any atom is 0.310 e. The van der Waals surface area contributed by atoms with Crippen LogP contribution in [-0.2, 0) is 11.3 Å². The first-order valence-corrected chi connectivity index (χ1v) is 7.91. The fourth-order valence-electron chi connectivity index (χ4n) is 2.70. The highest BCUT2D eigenvalue weighted by atomic mass is 32.2. The van der Waals surface area contributed by atoms with Gasteiger partial charge >= 0.3 is 5.97 Å². The van der Waals surface area contributed by atoms with Gasteiger partial charge in [-0.1, -0.05) is 19.1 Å². The molecule has 1 aliphatic heterocycles. The number of carbonyl (C=O) groups is 1. The summed E-state index contributed by atoms with van der Waals surface area (Å²) in [5, 5.41) is 9.39. The van der Waals surface area contributed by atoms with E-state index in [1.165, 1.54) is 10.5 Å². The molecule has 1 aromatic carbocycles. The Labute approximate surface area is 119 Å². The molecular weight excluding hydrogens is 258 g/mol. The lowest BCUT2D eigenvalue weighted by atomic mass is 9.84. The molecule has 0 radical (unpaired) electrons. The van der Waals surface area contributed by atoms with E-state index >= 15 is 0 Å². The number of rotatable bonds is 5. The Morgan fingerprint density at radius 3 is 2.58 bits per heavy atom. The van der Waals surface area contributed by atoms with E-state index in [1.54, 1.807) is 11.8 Å². The topological polar surface area (TPSA) is 40.5 Å². The Kier molecular flexibility index (Phi) is 4.53. The van der Waals surface area contributed by atoms with Gasteiger partial charge in [0.25, 0.3) is 0 Å². The summed E-state index contributed by atoms with van der Waals surface area (Å²) < 4.78 is 0. The van der Waals surface area contributed by atoms with Crippen LogP contribution in [-0.4, -0.2) is 35.3 Å². The molecule has 1 saturated heterocycles. The third kappa shape index (κ3) is 3.12. The maximum atomic E-state index is 11.4. The van der Waals surface area contributed by atoms with E-state index in [9.17, 15) is 9.90 Å². The lowest BCUT2D eigenvalue weighted by molar-refractivity contribution is -0.148. The number of thioether (sulfide) groups is 1. The number of benzene rings is 1. The van der Waals surface area contributed by atoms with Crippen molar-refractivity contribution in [3.05, 3.63) is 29.8 Å². The minimum Gasteiger partial charge on any atom is -0.481 e. The molecule has 1 N–H and O–H groups in total. The molecular formula is C15H21NO2S. The van der Waals surface area contributed by atoms with Crippen LogP contribution in [0.1, 0.15) is 25.3 Å². The molecule has 0 bridgehead atoms. The minimum absolute atomic E-state index is 0.529.